The summed E-state index contributed by atoms with van der Waals surface area (Å²) in [4.78, 5) is 25.2. The Labute approximate surface area is 115 Å². The molecule has 0 atom stereocenters. The highest BCUT2D eigenvalue weighted by Gasteiger charge is 2.07. The Hall–Kier alpha value is -2.64. The number of nitrogens with zero attached hydrogens (tertiary/aromatic N) is 2. The zero-order valence-corrected chi connectivity index (χ0v) is 11.0. The summed E-state index contributed by atoms with van der Waals surface area (Å²) in [6.45, 7) is 2.45. The Morgan fingerprint density at radius 2 is 2.10 bits per heavy atom. The number of carbonyl (C=O) groups excluding carboxylic acids is 1. The molecular formula is C12H16N4O4. The number of nitro benzene ring substituents is 1. The predicted molar refractivity (Wildman–Crippen MR) is 73.2 cm³/mol. The van der Waals surface area contributed by atoms with Crippen LogP contribution in [0.4, 0.5) is 10.5 Å². The van der Waals surface area contributed by atoms with Crippen LogP contribution in [0, 0.1) is 10.1 Å². The molecule has 0 heterocycles. The standard InChI is InChI=1S/C12H16N4O4/c1-2-7-14-11(13)15-12(17)20-8-9-3-5-10(6-4-9)16(18)19/h3-6H,2,7-8H2,1H3,(H3,13,14,15,17). The molecule has 0 fully saturated rings. The maximum absolute atomic E-state index is 11.4. The first-order chi connectivity index (χ1) is 9.52. The van der Waals surface area contributed by atoms with Crippen molar-refractivity contribution >= 4 is 17.7 Å². The second kappa shape index (κ2) is 7.72. The zero-order valence-electron chi connectivity index (χ0n) is 11.0. The number of non-ortho nitro benzene ring substituents is 1. The number of nitrogens with one attached hydrogen (secondary N) is 1. The van der Waals surface area contributed by atoms with E-state index in [2.05, 4.69) is 10.3 Å². The maximum Gasteiger partial charge on any atom is 0.414 e. The molecule has 1 rings (SSSR count). The third-order valence-electron chi connectivity index (χ3n) is 2.25. The van der Waals surface area contributed by atoms with Gasteiger partial charge in [-0.25, -0.2) is 4.79 Å². The summed E-state index contributed by atoms with van der Waals surface area (Å²) in [5, 5.41) is 12.7. The number of hydrogen-bond donors (Lipinski definition) is 2. The smallest absolute Gasteiger partial charge is 0.414 e. The van der Waals surface area contributed by atoms with E-state index in [1.807, 2.05) is 6.92 Å². The van der Waals surface area contributed by atoms with Gasteiger partial charge in [-0.15, -0.1) is 0 Å². The van der Waals surface area contributed by atoms with Crippen molar-refractivity contribution in [1.29, 1.82) is 0 Å². The van der Waals surface area contributed by atoms with Crippen LogP contribution in [0.25, 0.3) is 0 Å². The monoisotopic (exact) mass is 280 g/mol. The maximum atomic E-state index is 11.4. The van der Waals surface area contributed by atoms with E-state index in [1.54, 1.807) is 0 Å². The first kappa shape index (κ1) is 15.4. The lowest BCUT2D eigenvalue weighted by Gasteiger charge is -2.06. The van der Waals surface area contributed by atoms with Gasteiger partial charge < -0.3 is 10.5 Å². The molecule has 8 heteroatoms. The molecular weight excluding hydrogens is 264 g/mol. The molecule has 108 valence electrons. The van der Waals surface area contributed by atoms with Crippen molar-refractivity contribution in [3.8, 4) is 0 Å². The lowest BCUT2D eigenvalue weighted by Crippen LogP contribution is -2.37. The van der Waals surface area contributed by atoms with Gasteiger partial charge in [0, 0.05) is 18.7 Å². The molecule has 3 N–H and O–H groups in total. The Bertz CT molecular complexity index is 499. The molecule has 1 aromatic rings. The molecule has 0 saturated heterocycles. The quantitative estimate of drug-likeness (QED) is 0.367. The van der Waals surface area contributed by atoms with Crippen molar-refractivity contribution in [2.75, 3.05) is 6.54 Å². The van der Waals surface area contributed by atoms with Gasteiger partial charge in [-0.05, 0) is 24.1 Å². The van der Waals surface area contributed by atoms with Crippen LogP contribution in [0.15, 0.2) is 29.3 Å². The van der Waals surface area contributed by atoms with Crippen LogP contribution in [0.3, 0.4) is 0 Å². The predicted octanol–water partition coefficient (Wildman–Crippen LogP) is 1.55. The van der Waals surface area contributed by atoms with E-state index < -0.39 is 11.0 Å². The van der Waals surface area contributed by atoms with Gasteiger partial charge in [-0.3, -0.25) is 20.4 Å². The SMILES string of the molecule is CCCN=C(N)NC(=O)OCc1ccc([N+](=O)[O-])cc1. The molecule has 1 amide bonds. The molecule has 0 aliphatic heterocycles. The van der Waals surface area contributed by atoms with Gasteiger partial charge in [0.25, 0.3) is 5.69 Å². The molecule has 1 aromatic carbocycles. The highest BCUT2D eigenvalue weighted by atomic mass is 16.6. The fourth-order valence-corrected chi connectivity index (χ4v) is 1.28. The first-order valence-corrected chi connectivity index (χ1v) is 6.00. The van der Waals surface area contributed by atoms with Crippen LogP contribution in [-0.4, -0.2) is 23.5 Å². The second-order valence-electron chi connectivity index (χ2n) is 3.89. The van der Waals surface area contributed by atoms with Crippen LogP contribution in [0.1, 0.15) is 18.9 Å². The highest BCUT2D eigenvalue weighted by Crippen LogP contribution is 2.12. The lowest BCUT2D eigenvalue weighted by molar-refractivity contribution is -0.384. The van der Waals surface area contributed by atoms with E-state index in [0.717, 1.165) is 6.42 Å². The van der Waals surface area contributed by atoms with Gasteiger partial charge in [0.15, 0.2) is 5.96 Å². The molecule has 0 unspecified atom stereocenters. The minimum absolute atomic E-state index is 0.000509. The van der Waals surface area contributed by atoms with Crippen LogP contribution in [0.2, 0.25) is 0 Å². The van der Waals surface area contributed by atoms with Crippen LogP contribution >= 0.6 is 0 Å². The fourth-order valence-electron chi connectivity index (χ4n) is 1.28. The molecule has 0 spiro atoms. The van der Waals surface area contributed by atoms with Gasteiger partial charge in [-0.1, -0.05) is 6.92 Å². The number of benzene rings is 1. The average Bonchev–Trinajstić information content (AvgIpc) is 2.43. The minimum Gasteiger partial charge on any atom is -0.444 e. The van der Waals surface area contributed by atoms with Crippen LogP contribution in [0.5, 0.6) is 0 Å². The molecule has 20 heavy (non-hydrogen) atoms. The third-order valence-corrected chi connectivity index (χ3v) is 2.25. The lowest BCUT2D eigenvalue weighted by atomic mass is 10.2. The zero-order chi connectivity index (χ0) is 15.0. The van der Waals surface area contributed by atoms with Gasteiger partial charge in [0.1, 0.15) is 6.61 Å². The van der Waals surface area contributed by atoms with E-state index in [0.29, 0.717) is 12.1 Å². The Balaban J connectivity index is 2.42. The third kappa shape index (κ3) is 5.34. The number of guanidine groups is 1. The summed E-state index contributed by atoms with van der Waals surface area (Å²) < 4.78 is 4.90. The van der Waals surface area contributed by atoms with Crippen molar-refractivity contribution in [3.63, 3.8) is 0 Å². The minimum atomic E-state index is -0.722. The number of nitro groups is 1. The van der Waals surface area contributed by atoms with E-state index in [-0.39, 0.29) is 18.3 Å². The summed E-state index contributed by atoms with van der Waals surface area (Å²) in [6, 6.07) is 5.71. The Kier molecular flexibility index (Phi) is 5.95. The fraction of sp³-hybridized carbons (Fsp3) is 0.333. The van der Waals surface area contributed by atoms with E-state index in [1.165, 1.54) is 24.3 Å². The van der Waals surface area contributed by atoms with Gasteiger partial charge in [0.05, 0.1) is 4.92 Å². The number of aliphatic imine (C=N–C) groups is 1. The van der Waals surface area contributed by atoms with Crippen LogP contribution < -0.4 is 11.1 Å². The molecule has 0 radical (unpaired) electrons. The van der Waals surface area contributed by atoms with E-state index in [9.17, 15) is 14.9 Å². The van der Waals surface area contributed by atoms with Crippen molar-refractivity contribution in [3.05, 3.63) is 39.9 Å². The molecule has 0 bridgehead atoms. The topological polar surface area (TPSA) is 120 Å². The molecule has 8 nitrogen and oxygen atoms in total. The second-order valence-corrected chi connectivity index (χ2v) is 3.89. The highest BCUT2D eigenvalue weighted by molar-refractivity contribution is 5.92. The molecule has 0 aliphatic rings. The van der Waals surface area contributed by atoms with Crippen LogP contribution in [-0.2, 0) is 11.3 Å². The molecule has 0 saturated carbocycles. The van der Waals surface area contributed by atoms with Crippen molar-refractivity contribution < 1.29 is 14.5 Å². The number of nitrogens with two attached hydrogens (primary N) is 1. The first-order valence-electron chi connectivity index (χ1n) is 6.00. The van der Waals surface area contributed by atoms with E-state index in [4.69, 9.17) is 10.5 Å². The Morgan fingerprint density at radius 3 is 2.65 bits per heavy atom. The summed E-state index contributed by atoms with van der Waals surface area (Å²) in [5.41, 5.74) is 6.06. The van der Waals surface area contributed by atoms with Gasteiger partial charge in [-0.2, -0.15) is 0 Å². The molecule has 0 aromatic heterocycles. The number of rotatable bonds is 5. The number of amides is 1. The number of alkyl carbamates (subject to hydrolysis) is 1. The number of ether oxygens (including phenoxy) is 1. The van der Waals surface area contributed by atoms with Gasteiger partial charge >= 0.3 is 6.09 Å². The molecule has 0 aliphatic carbocycles. The van der Waals surface area contributed by atoms with Crippen molar-refractivity contribution in [2.24, 2.45) is 10.7 Å². The summed E-state index contributed by atoms with van der Waals surface area (Å²) in [5.74, 6) is 0.000509. The van der Waals surface area contributed by atoms with E-state index >= 15 is 0 Å². The largest absolute Gasteiger partial charge is 0.444 e. The average molecular weight is 280 g/mol. The number of hydrogen-bond acceptors (Lipinski definition) is 5. The van der Waals surface area contributed by atoms with Crippen molar-refractivity contribution in [1.82, 2.24) is 5.32 Å². The van der Waals surface area contributed by atoms with Crippen molar-refractivity contribution in [2.45, 2.75) is 20.0 Å². The Morgan fingerprint density at radius 1 is 1.45 bits per heavy atom. The van der Waals surface area contributed by atoms with Gasteiger partial charge in [0.2, 0.25) is 0 Å². The summed E-state index contributed by atoms with van der Waals surface area (Å²) in [6.07, 6.45) is 0.0981. The summed E-state index contributed by atoms with van der Waals surface area (Å²) in [7, 11) is 0. The summed E-state index contributed by atoms with van der Waals surface area (Å²) >= 11 is 0. The number of carbonyl (C=O) groups is 1. The normalized spacial score (nSPS) is 10.9.